The van der Waals surface area contributed by atoms with Crippen LogP contribution in [0.25, 0.3) is 11.2 Å². The Morgan fingerprint density at radius 2 is 2.22 bits per heavy atom. The van der Waals surface area contributed by atoms with E-state index in [2.05, 4.69) is 15.0 Å². The molecule has 2 aromatic heterocycles. The molecule has 0 aliphatic heterocycles. The fourth-order valence-corrected chi connectivity index (χ4v) is 2.60. The van der Waals surface area contributed by atoms with Gasteiger partial charge in [-0.3, -0.25) is 9.78 Å². The molecule has 2 aromatic rings. The fourth-order valence-electron chi connectivity index (χ4n) is 2.60. The molecule has 1 aliphatic rings. The highest BCUT2D eigenvalue weighted by atomic mass is 16.3. The van der Waals surface area contributed by atoms with Gasteiger partial charge < -0.3 is 15.4 Å². The van der Waals surface area contributed by atoms with Crippen LogP contribution in [0, 0.1) is 0 Å². The molecule has 1 saturated carbocycles. The summed E-state index contributed by atoms with van der Waals surface area (Å²) in [5.74, 6) is 0.0690. The van der Waals surface area contributed by atoms with Crippen LogP contribution < -0.4 is 11.3 Å². The van der Waals surface area contributed by atoms with Crippen LogP contribution in [-0.4, -0.2) is 30.7 Å². The zero-order valence-electron chi connectivity index (χ0n) is 9.83. The lowest BCUT2D eigenvalue weighted by Crippen LogP contribution is -2.27. The molecule has 0 unspecified atom stereocenters. The SMILES string of the molecule is Nc1nc2c(ncn2[C@@H]2CCCC[C@H]2O)c(=O)[nH]1. The molecule has 1 aliphatic carbocycles. The average Bonchev–Trinajstić information content (AvgIpc) is 2.73. The number of rotatable bonds is 1. The minimum absolute atomic E-state index is 0.0690. The summed E-state index contributed by atoms with van der Waals surface area (Å²) < 4.78 is 1.77. The molecule has 7 heteroatoms. The van der Waals surface area contributed by atoms with Crippen LogP contribution in [0.2, 0.25) is 0 Å². The molecule has 7 nitrogen and oxygen atoms in total. The van der Waals surface area contributed by atoms with E-state index in [-0.39, 0.29) is 23.1 Å². The first-order valence-electron chi connectivity index (χ1n) is 6.07. The predicted molar refractivity (Wildman–Crippen MR) is 66.1 cm³/mol. The molecule has 0 aromatic carbocycles. The average molecular weight is 249 g/mol. The summed E-state index contributed by atoms with van der Waals surface area (Å²) in [6.07, 6.45) is 4.86. The van der Waals surface area contributed by atoms with E-state index in [1.807, 2.05) is 0 Å². The lowest BCUT2D eigenvalue weighted by Gasteiger charge is -2.28. The van der Waals surface area contributed by atoms with Crippen molar-refractivity contribution in [3.05, 3.63) is 16.7 Å². The van der Waals surface area contributed by atoms with Crippen molar-refractivity contribution >= 4 is 17.1 Å². The summed E-state index contributed by atoms with van der Waals surface area (Å²) in [6, 6.07) is -0.0718. The van der Waals surface area contributed by atoms with Gasteiger partial charge in [0, 0.05) is 0 Å². The van der Waals surface area contributed by atoms with Gasteiger partial charge in [0.1, 0.15) is 0 Å². The van der Waals surface area contributed by atoms with Gasteiger partial charge in [0.2, 0.25) is 5.95 Å². The van der Waals surface area contributed by atoms with Gasteiger partial charge >= 0.3 is 0 Å². The first-order valence-corrected chi connectivity index (χ1v) is 6.07. The number of nitrogens with zero attached hydrogens (tertiary/aromatic N) is 3. The van der Waals surface area contributed by atoms with E-state index in [0.29, 0.717) is 5.65 Å². The van der Waals surface area contributed by atoms with E-state index in [1.54, 1.807) is 10.9 Å². The van der Waals surface area contributed by atoms with Crippen molar-refractivity contribution in [2.75, 3.05) is 5.73 Å². The number of nitrogen functional groups attached to an aromatic ring is 1. The summed E-state index contributed by atoms with van der Waals surface area (Å²) in [5, 5.41) is 10.0. The minimum Gasteiger partial charge on any atom is -0.391 e. The second-order valence-electron chi connectivity index (χ2n) is 4.69. The summed E-state index contributed by atoms with van der Waals surface area (Å²) in [6.45, 7) is 0. The molecule has 4 N–H and O–H groups in total. The van der Waals surface area contributed by atoms with Gasteiger partial charge in [-0.2, -0.15) is 4.98 Å². The van der Waals surface area contributed by atoms with Gasteiger partial charge in [-0.25, -0.2) is 4.98 Å². The maximum absolute atomic E-state index is 11.7. The molecule has 1 fully saturated rings. The number of aliphatic hydroxyl groups is 1. The fraction of sp³-hybridized carbons (Fsp3) is 0.545. The highest BCUT2D eigenvalue weighted by Crippen LogP contribution is 2.30. The van der Waals surface area contributed by atoms with Crippen molar-refractivity contribution < 1.29 is 5.11 Å². The zero-order valence-corrected chi connectivity index (χ0v) is 9.83. The quantitative estimate of drug-likeness (QED) is 0.667. The van der Waals surface area contributed by atoms with E-state index in [9.17, 15) is 9.90 Å². The molecule has 0 bridgehead atoms. The Hall–Kier alpha value is -1.89. The number of H-pyrrole nitrogens is 1. The molecular formula is C11H15N5O2. The van der Waals surface area contributed by atoms with Gasteiger partial charge in [0.25, 0.3) is 5.56 Å². The van der Waals surface area contributed by atoms with Crippen LogP contribution in [0.1, 0.15) is 31.7 Å². The molecule has 2 heterocycles. The number of nitrogens with one attached hydrogen (secondary N) is 1. The molecule has 3 rings (SSSR count). The second kappa shape index (κ2) is 4.09. The summed E-state index contributed by atoms with van der Waals surface area (Å²) in [4.78, 5) is 22.3. The third kappa shape index (κ3) is 1.67. The number of hydrogen-bond acceptors (Lipinski definition) is 5. The number of imidazole rings is 1. The normalized spacial score (nSPS) is 24.5. The molecule has 18 heavy (non-hydrogen) atoms. The van der Waals surface area contributed by atoms with Crippen molar-refractivity contribution in [3.8, 4) is 0 Å². The number of anilines is 1. The number of aromatic nitrogens is 4. The standard InChI is InChI=1S/C11H15N5O2/c12-11-14-9-8(10(18)15-11)13-5-16(9)6-3-1-2-4-7(6)17/h5-7,17H,1-4H2,(H3,12,14,15,18)/t6-,7-/m1/s1. The largest absolute Gasteiger partial charge is 0.391 e. The Morgan fingerprint density at radius 3 is 3.00 bits per heavy atom. The topological polar surface area (TPSA) is 110 Å². The molecule has 0 amide bonds. The highest BCUT2D eigenvalue weighted by molar-refractivity contribution is 5.70. The maximum atomic E-state index is 11.7. The Labute approximate surface area is 103 Å². The van der Waals surface area contributed by atoms with Crippen molar-refractivity contribution in [3.63, 3.8) is 0 Å². The van der Waals surface area contributed by atoms with Gasteiger partial charge in [-0.15, -0.1) is 0 Å². The van der Waals surface area contributed by atoms with E-state index in [4.69, 9.17) is 5.73 Å². The zero-order chi connectivity index (χ0) is 12.7. The minimum atomic E-state index is -0.418. The van der Waals surface area contributed by atoms with Gasteiger partial charge in [-0.1, -0.05) is 12.8 Å². The third-order valence-electron chi connectivity index (χ3n) is 3.50. The molecular weight excluding hydrogens is 234 g/mol. The van der Waals surface area contributed by atoms with Crippen molar-refractivity contribution in [1.29, 1.82) is 0 Å². The van der Waals surface area contributed by atoms with E-state index < -0.39 is 6.10 Å². The first-order chi connectivity index (χ1) is 8.66. The van der Waals surface area contributed by atoms with E-state index in [1.165, 1.54) is 0 Å². The third-order valence-corrected chi connectivity index (χ3v) is 3.50. The van der Waals surface area contributed by atoms with Gasteiger partial charge in [0.05, 0.1) is 18.5 Å². The Balaban J connectivity index is 2.14. The van der Waals surface area contributed by atoms with E-state index >= 15 is 0 Å². The smallest absolute Gasteiger partial charge is 0.280 e. The van der Waals surface area contributed by atoms with Crippen LogP contribution >= 0.6 is 0 Å². The summed E-state index contributed by atoms with van der Waals surface area (Å²) in [5.41, 5.74) is 5.91. The Kier molecular flexibility index (Phi) is 2.55. The van der Waals surface area contributed by atoms with Crippen LogP contribution in [0.3, 0.4) is 0 Å². The predicted octanol–water partition coefficient (Wildman–Crippen LogP) is 0.178. The number of nitrogens with two attached hydrogens (primary N) is 1. The molecule has 0 spiro atoms. The lowest BCUT2D eigenvalue weighted by atomic mass is 9.92. The monoisotopic (exact) mass is 249 g/mol. The van der Waals surface area contributed by atoms with Gasteiger partial charge in [-0.05, 0) is 12.8 Å². The van der Waals surface area contributed by atoms with Crippen molar-refractivity contribution in [1.82, 2.24) is 19.5 Å². The molecule has 2 atom stereocenters. The van der Waals surface area contributed by atoms with Gasteiger partial charge in [0.15, 0.2) is 11.2 Å². The van der Waals surface area contributed by atoms with Crippen molar-refractivity contribution in [2.24, 2.45) is 0 Å². The summed E-state index contributed by atoms with van der Waals surface area (Å²) in [7, 11) is 0. The lowest BCUT2D eigenvalue weighted by molar-refractivity contribution is 0.0770. The summed E-state index contributed by atoms with van der Waals surface area (Å²) >= 11 is 0. The van der Waals surface area contributed by atoms with Crippen LogP contribution in [-0.2, 0) is 0 Å². The highest BCUT2D eigenvalue weighted by Gasteiger charge is 2.26. The Bertz CT molecular complexity index is 632. The van der Waals surface area contributed by atoms with Crippen LogP contribution in [0.4, 0.5) is 5.95 Å². The number of aliphatic hydroxyl groups excluding tert-OH is 1. The van der Waals surface area contributed by atoms with Crippen LogP contribution in [0.15, 0.2) is 11.1 Å². The van der Waals surface area contributed by atoms with Crippen molar-refractivity contribution in [2.45, 2.75) is 37.8 Å². The molecule has 0 saturated heterocycles. The number of aromatic amines is 1. The van der Waals surface area contributed by atoms with Crippen LogP contribution in [0.5, 0.6) is 0 Å². The first kappa shape index (κ1) is 11.2. The number of fused-ring (bicyclic) bond motifs is 1. The maximum Gasteiger partial charge on any atom is 0.280 e. The second-order valence-corrected chi connectivity index (χ2v) is 4.69. The molecule has 0 radical (unpaired) electrons. The number of hydrogen-bond donors (Lipinski definition) is 3. The molecule has 96 valence electrons. The van der Waals surface area contributed by atoms with E-state index in [0.717, 1.165) is 25.7 Å². The Morgan fingerprint density at radius 1 is 1.44 bits per heavy atom.